The van der Waals surface area contributed by atoms with E-state index in [4.69, 9.17) is 21.1 Å². The molecule has 4 heterocycles. The van der Waals surface area contributed by atoms with E-state index in [0.717, 1.165) is 82.1 Å². The van der Waals surface area contributed by atoms with E-state index in [-0.39, 0.29) is 46.4 Å². The summed E-state index contributed by atoms with van der Waals surface area (Å²) in [5.74, 6) is 0.519. The van der Waals surface area contributed by atoms with Gasteiger partial charge in [-0.25, -0.2) is 0 Å². The Morgan fingerprint density at radius 2 is 1.85 bits per heavy atom. The number of aliphatic hydroxyl groups is 1. The van der Waals surface area contributed by atoms with E-state index in [1.807, 2.05) is 6.07 Å². The third-order valence-corrected chi connectivity index (χ3v) is 12.2. The molecule has 55 heavy (non-hydrogen) atoms. The highest BCUT2D eigenvalue weighted by Crippen LogP contribution is 2.42. The van der Waals surface area contributed by atoms with Crippen molar-refractivity contribution in [2.24, 2.45) is 5.92 Å². The molecule has 12 heteroatoms. The number of nitrogens with zero attached hydrogens (tertiary/aromatic N) is 1. The second-order valence-corrected chi connectivity index (χ2v) is 15.8. The van der Waals surface area contributed by atoms with Gasteiger partial charge >= 0.3 is 5.97 Å². The normalized spacial score (nSPS) is 20.9. The highest BCUT2D eigenvalue weighted by atomic mass is 35.5. The molecular formula is C43H51ClN4O7. The van der Waals surface area contributed by atoms with Gasteiger partial charge in [-0.1, -0.05) is 61.2 Å². The number of rotatable bonds is 14. The maximum atomic E-state index is 14.0. The molecule has 3 aliphatic heterocycles. The van der Waals surface area contributed by atoms with Gasteiger partial charge in [0.1, 0.15) is 17.6 Å². The molecule has 1 saturated carbocycles. The number of phenols is 1. The first-order chi connectivity index (χ1) is 26.6. The van der Waals surface area contributed by atoms with Crippen molar-refractivity contribution in [1.82, 2.24) is 20.5 Å². The summed E-state index contributed by atoms with van der Waals surface area (Å²) in [5, 5.41) is 28.1. The van der Waals surface area contributed by atoms with Crippen LogP contribution in [0.1, 0.15) is 90.1 Å². The Morgan fingerprint density at radius 3 is 2.60 bits per heavy atom. The van der Waals surface area contributed by atoms with Gasteiger partial charge in [-0.15, -0.1) is 0 Å². The number of benzene rings is 3. The van der Waals surface area contributed by atoms with Gasteiger partial charge in [-0.2, -0.15) is 0 Å². The van der Waals surface area contributed by atoms with Crippen LogP contribution < -0.4 is 20.9 Å². The van der Waals surface area contributed by atoms with Crippen LogP contribution in [0, 0.1) is 5.92 Å². The summed E-state index contributed by atoms with van der Waals surface area (Å²) in [5.41, 5.74) is 3.05. The molecule has 1 aliphatic carbocycles. The van der Waals surface area contributed by atoms with Crippen molar-refractivity contribution in [3.63, 3.8) is 0 Å². The standard InChI is InChI=1S/C43H51ClN4O7/c1-54-37-23-33(34(44)22-29(37)24-45-25-36(50)31-10-12-35(49)40-32(31)11-13-39(51)47-40)41(52)46-18-6-8-27-7-5-9-30(21-27)43(16-3-2-4-17-43)42(53)55-38-26-48-19-14-28(38)15-20-48/h5,7,9-13,21-23,28,36,38,45,49-50H,2-4,6,8,14-20,24-26H2,1H3,(H,46,52)(H,47,51)/t36-,38+/m1/s1. The van der Waals surface area contributed by atoms with E-state index in [1.165, 1.54) is 19.2 Å². The van der Waals surface area contributed by atoms with Crippen LogP contribution in [0.5, 0.6) is 11.5 Å². The first-order valence-electron chi connectivity index (χ1n) is 19.6. The molecule has 4 aliphatic rings. The van der Waals surface area contributed by atoms with E-state index in [1.54, 1.807) is 24.3 Å². The van der Waals surface area contributed by atoms with Crippen molar-refractivity contribution in [1.29, 1.82) is 0 Å². The molecule has 2 bridgehead atoms. The minimum Gasteiger partial charge on any atom is -0.506 e. The number of hydrogen-bond donors (Lipinski definition) is 5. The van der Waals surface area contributed by atoms with Gasteiger partial charge in [0.15, 0.2) is 0 Å². The number of carbonyl (C=O) groups is 2. The van der Waals surface area contributed by atoms with E-state index >= 15 is 0 Å². The largest absolute Gasteiger partial charge is 0.506 e. The third kappa shape index (κ3) is 8.55. The number of ether oxygens (including phenoxy) is 2. The third-order valence-electron chi connectivity index (χ3n) is 11.9. The van der Waals surface area contributed by atoms with Crippen molar-refractivity contribution in [2.45, 2.75) is 82.0 Å². The molecule has 0 unspecified atom stereocenters. The van der Waals surface area contributed by atoms with Gasteiger partial charge in [0, 0.05) is 43.2 Å². The number of halogens is 1. The molecule has 11 nitrogen and oxygen atoms in total. The minimum absolute atomic E-state index is 0.00422. The number of aromatic hydroxyl groups is 1. The second-order valence-electron chi connectivity index (χ2n) is 15.4. The predicted octanol–water partition coefficient (Wildman–Crippen LogP) is 5.92. The summed E-state index contributed by atoms with van der Waals surface area (Å²) >= 11 is 6.62. The number of fused-ring (bicyclic) bond motifs is 4. The molecule has 3 aromatic carbocycles. The number of aryl methyl sites for hydroxylation is 1. The van der Waals surface area contributed by atoms with Gasteiger partial charge in [0.25, 0.3) is 5.91 Å². The van der Waals surface area contributed by atoms with Crippen LogP contribution in [-0.2, 0) is 27.9 Å². The van der Waals surface area contributed by atoms with Crippen LogP contribution in [0.2, 0.25) is 5.02 Å². The fraction of sp³-hybridized carbons (Fsp3) is 0.465. The molecule has 4 aromatic rings. The quantitative estimate of drug-likeness (QED) is 0.0777. The number of aromatic amines is 1. The van der Waals surface area contributed by atoms with Crippen LogP contribution >= 0.6 is 11.6 Å². The van der Waals surface area contributed by atoms with Gasteiger partial charge in [0.05, 0.1) is 34.7 Å². The number of nitrogens with one attached hydrogen (secondary N) is 3. The van der Waals surface area contributed by atoms with Crippen molar-refractivity contribution in [3.05, 3.63) is 104 Å². The van der Waals surface area contributed by atoms with E-state index < -0.39 is 11.5 Å². The monoisotopic (exact) mass is 770 g/mol. The van der Waals surface area contributed by atoms with Crippen molar-refractivity contribution >= 4 is 34.4 Å². The first kappa shape index (κ1) is 38.8. The van der Waals surface area contributed by atoms with Crippen molar-refractivity contribution in [2.75, 3.05) is 39.8 Å². The van der Waals surface area contributed by atoms with Gasteiger partial charge in [0.2, 0.25) is 5.56 Å². The summed E-state index contributed by atoms with van der Waals surface area (Å²) in [7, 11) is 1.52. The molecule has 292 valence electrons. The lowest BCUT2D eigenvalue weighted by Gasteiger charge is -2.45. The Morgan fingerprint density at radius 1 is 1.05 bits per heavy atom. The maximum absolute atomic E-state index is 14.0. The molecule has 8 rings (SSSR count). The highest BCUT2D eigenvalue weighted by Gasteiger charge is 2.46. The molecule has 0 radical (unpaired) electrons. The van der Waals surface area contributed by atoms with Gasteiger partial charge in [-0.05, 0) is 98.5 Å². The summed E-state index contributed by atoms with van der Waals surface area (Å²) < 4.78 is 12.0. The number of phenolic OH excluding ortho intramolecular Hbond substituents is 1. The number of carbonyl (C=O) groups excluding carboxylic acids is 2. The zero-order valence-corrected chi connectivity index (χ0v) is 32.1. The van der Waals surface area contributed by atoms with Crippen molar-refractivity contribution < 1.29 is 29.3 Å². The van der Waals surface area contributed by atoms with Crippen LogP contribution in [0.15, 0.2) is 65.5 Å². The molecular weight excluding hydrogens is 720 g/mol. The molecule has 2 atom stereocenters. The number of aliphatic hydroxyl groups excluding tert-OH is 1. The summed E-state index contributed by atoms with van der Waals surface area (Å²) in [6.45, 7) is 3.98. The van der Waals surface area contributed by atoms with E-state index in [9.17, 15) is 24.6 Å². The first-order valence-corrected chi connectivity index (χ1v) is 19.9. The number of aromatic nitrogens is 1. The second kappa shape index (κ2) is 17.2. The average molecular weight is 771 g/mol. The van der Waals surface area contributed by atoms with Crippen molar-refractivity contribution in [3.8, 4) is 11.5 Å². The molecule has 5 N–H and O–H groups in total. The zero-order valence-electron chi connectivity index (χ0n) is 31.4. The smallest absolute Gasteiger partial charge is 0.316 e. The Balaban J connectivity index is 0.929. The lowest BCUT2D eigenvalue weighted by Crippen LogP contribution is -2.53. The number of amides is 1. The maximum Gasteiger partial charge on any atom is 0.316 e. The minimum atomic E-state index is -0.937. The topological polar surface area (TPSA) is 153 Å². The van der Waals surface area contributed by atoms with Crippen LogP contribution in [0.4, 0.5) is 0 Å². The number of H-pyrrole nitrogens is 1. The summed E-state index contributed by atoms with van der Waals surface area (Å²) in [6, 6.07) is 17.7. The molecule has 4 fully saturated rings. The summed E-state index contributed by atoms with van der Waals surface area (Å²) in [4.78, 5) is 44.0. The Labute approximate surface area is 326 Å². The summed E-state index contributed by atoms with van der Waals surface area (Å²) in [6.07, 6.45) is 7.53. The lowest BCUT2D eigenvalue weighted by atomic mass is 9.69. The van der Waals surface area contributed by atoms with E-state index in [2.05, 4.69) is 38.7 Å². The van der Waals surface area contributed by atoms with Crippen LogP contribution in [-0.4, -0.2) is 77.9 Å². The zero-order chi connectivity index (χ0) is 38.5. The SMILES string of the molecule is COc1cc(C(=O)NCCCc2cccc(C3(C(=O)O[C@H]4CN5CCC4CC5)CCCCC3)c2)c(Cl)cc1CNC[C@@H](O)c1ccc(O)c2[nH]c(=O)ccc12. The van der Waals surface area contributed by atoms with Gasteiger partial charge < -0.3 is 35.3 Å². The predicted molar refractivity (Wildman–Crippen MR) is 212 cm³/mol. The average Bonchev–Trinajstić information content (AvgIpc) is 3.20. The number of piperidine rings is 3. The lowest BCUT2D eigenvalue weighted by molar-refractivity contribution is -0.167. The van der Waals surface area contributed by atoms with E-state index in [0.29, 0.717) is 53.3 Å². The molecule has 1 amide bonds. The highest BCUT2D eigenvalue weighted by molar-refractivity contribution is 6.34. The molecule has 1 aromatic heterocycles. The molecule has 3 saturated heterocycles. The molecule has 0 spiro atoms. The number of esters is 1. The fourth-order valence-corrected chi connectivity index (χ4v) is 9.05. The Hall–Kier alpha value is -4.42. The number of methoxy groups -OCH3 is 1. The fourth-order valence-electron chi connectivity index (χ4n) is 8.77. The Kier molecular flexibility index (Phi) is 12.1. The van der Waals surface area contributed by atoms with Crippen LogP contribution in [0.3, 0.4) is 0 Å². The van der Waals surface area contributed by atoms with Crippen LogP contribution in [0.25, 0.3) is 10.9 Å². The van der Waals surface area contributed by atoms with Gasteiger partial charge in [-0.3, -0.25) is 19.3 Å². The number of pyridine rings is 1. The Bertz CT molecular complexity index is 2070. The number of hydrogen-bond acceptors (Lipinski definition) is 9.